The van der Waals surface area contributed by atoms with Crippen LogP contribution in [0, 0.1) is 0 Å². The molecule has 0 saturated carbocycles. The number of carbonyl (C=O) groups excluding carboxylic acids is 1. The van der Waals surface area contributed by atoms with Crippen LogP contribution in [0.2, 0.25) is 0 Å². The average Bonchev–Trinajstić information content (AvgIpc) is 2.45. The number of hydrogen-bond acceptors (Lipinski definition) is 4. The van der Waals surface area contributed by atoms with Crippen molar-refractivity contribution in [3.63, 3.8) is 0 Å². The predicted octanol–water partition coefficient (Wildman–Crippen LogP) is 1.28. The SMILES string of the molecule is CCCNC(=O)[C@H](C)NS(=O)(=O)c1ccc(OCC)cc1. The molecular weight excluding hydrogens is 292 g/mol. The molecule has 2 N–H and O–H groups in total. The summed E-state index contributed by atoms with van der Waals surface area (Å²) in [5.41, 5.74) is 0. The molecule has 0 radical (unpaired) electrons. The second-order valence-electron chi connectivity index (χ2n) is 4.54. The van der Waals surface area contributed by atoms with Crippen molar-refractivity contribution in [1.82, 2.24) is 10.0 Å². The van der Waals surface area contributed by atoms with Crippen molar-refractivity contribution >= 4 is 15.9 Å². The summed E-state index contributed by atoms with van der Waals surface area (Å²) in [5, 5.41) is 2.65. The molecule has 0 aliphatic rings. The summed E-state index contributed by atoms with van der Waals surface area (Å²) >= 11 is 0. The lowest BCUT2D eigenvalue weighted by molar-refractivity contribution is -0.122. The Morgan fingerprint density at radius 1 is 1.24 bits per heavy atom. The molecule has 118 valence electrons. The summed E-state index contributed by atoms with van der Waals surface area (Å²) in [6, 6.07) is 5.24. The van der Waals surface area contributed by atoms with Crippen molar-refractivity contribution in [3.8, 4) is 5.75 Å². The van der Waals surface area contributed by atoms with Crippen LogP contribution in [0.3, 0.4) is 0 Å². The van der Waals surface area contributed by atoms with E-state index in [0.29, 0.717) is 18.9 Å². The van der Waals surface area contributed by atoms with Gasteiger partial charge < -0.3 is 10.1 Å². The predicted molar refractivity (Wildman–Crippen MR) is 80.7 cm³/mol. The average molecular weight is 314 g/mol. The molecule has 1 aromatic rings. The lowest BCUT2D eigenvalue weighted by Gasteiger charge is -2.14. The quantitative estimate of drug-likeness (QED) is 0.757. The molecule has 0 bridgehead atoms. The van der Waals surface area contributed by atoms with Gasteiger partial charge in [0.2, 0.25) is 15.9 Å². The molecule has 1 amide bonds. The van der Waals surface area contributed by atoms with Crippen molar-refractivity contribution in [2.45, 2.75) is 38.1 Å². The van der Waals surface area contributed by atoms with Crippen LogP contribution in [-0.2, 0) is 14.8 Å². The van der Waals surface area contributed by atoms with Gasteiger partial charge in [0.25, 0.3) is 0 Å². The van der Waals surface area contributed by atoms with Crippen molar-refractivity contribution in [1.29, 1.82) is 0 Å². The van der Waals surface area contributed by atoms with Gasteiger partial charge in [0.05, 0.1) is 17.5 Å². The summed E-state index contributed by atoms with van der Waals surface area (Å²) in [4.78, 5) is 11.8. The number of nitrogens with one attached hydrogen (secondary N) is 2. The summed E-state index contributed by atoms with van der Waals surface area (Å²) < 4.78 is 31.9. The van der Waals surface area contributed by atoms with Crippen LogP contribution in [-0.4, -0.2) is 33.5 Å². The van der Waals surface area contributed by atoms with E-state index in [0.717, 1.165) is 6.42 Å². The zero-order chi connectivity index (χ0) is 15.9. The molecule has 21 heavy (non-hydrogen) atoms. The Balaban J connectivity index is 2.74. The smallest absolute Gasteiger partial charge is 0.241 e. The number of sulfonamides is 1. The Hall–Kier alpha value is -1.60. The first-order valence-corrected chi connectivity index (χ1v) is 8.42. The molecule has 0 aromatic heterocycles. The molecule has 0 aliphatic heterocycles. The van der Waals surface area contributed by atoms with Gasteiger partial charge in [0, 0.05) is 6.54 Å². The number of hydrogen-bond donors (Lipinski definition) is 2. The first kappa shape index (κ1) is 17.5. The van der Waals surface area contributed by atoms with Gasteiger partial charge in [-0.25, -0.2) is 8.42 Å². The highest BCUT2D eigenvalue weighted by molar-refractivity contribution is 7.89. The molecule has 7 heteroatoms. The fourth-order valence-electron chi connectivity index (χ4n) is 1.64. The fourth-order valence-corrected chi connectivity index (χ4v) is 2.84. The molecule has 0 saturated heterocycles. The van der Waals surface area contributed by atoms with E-state index in [4.69, 9.17) is 4.74 Å². The van der Waals surface area contributed by atoms with Crippen molar-refractivity contribution in [2.75, 3.05) is 13.2 Å². The molecule has 0 spiro atoms. The van der Waals surface area contributed by atoms with E-state index < -0.39 is 16.1 Å². The number of carbonyl (C=O) groups is 1. The molecular formula is C14H22N2O4S. The third kappa shape index (κ3) is 5.35. The maximum atomic E-state index is 12.2. The van der Waals surface area contributed by atoms with Crippen LogP contribution < -0.4 is 14.8 Å². The highest BCUT2D eigenvalue weighted by Gasteiger charge is 2.21. The third-order valence-corrected chi connectivity index (χ3v) is 4.28. The zero-order valence-corrected chi connectivity index (χ0v) is 13.4. The minimum Gasteiger partial charge on any atom is -0.494 e. The largest absolute Gasteiger partial charge is 0.494 e. The first-order chi connectivity index (χ1) is 9.90. The van der Waals surface area contributed by atoms with Gasteiger partial charge in [-0.15, -0.1) is 0 Å². The second kappa shape index (κ2) is 7.99. The van der Waals surface area contributed by atoms with E-state index in [1.165, 1.54) is 19.1 Å². The van der Waals surface area contributed by atoms with E-state index in [-0.39, 0.29) is 10.8 Å². The van der Waals surface area contributed by atoms with Crippen LogP contribution in [0.15, 0.2) is 29.2 Å². The molecule has 1 rings (SSSR count). The van der Waals surface area contributed by atoms with Crippen LogP contribution in [0.1, 0.15) is 27.2 Å². The maximum absolute atomic E-state index is 12.2. The fraction of sp³-hybridized carbons (Fsp3) is 0.500. The molecule has 0 fully saturated rings. The standard InChI is InChI=1S/C14H22N2O4S/c1-4-10-15-14(17)11(3)16-21(18,19)13-8-6-12(7-9-13)20-5-2/h6-9,11,16H,4-5,10H2,1-3H3,(H,15,17)/t11-/m0/s1. The summed E-state index contributed by atoms with van der Waals surface area (Å²) in [6.45, 7) is 6.32. The monoisotopic (exact) mass is 314 g/mol. The van der Waals surface area contributed by atoms with E-state index in [9.17, 15) is 13.2 Å². The highest BCUT2D eigenvalue weighted by atomic mass is 32.2. The molecule has 0 heterocycles. The molecule has 0 unspecified atom stereocenters. The van der Waals surface area contributed by atoms with Crippen LogP contribution in [0.5, 0.6) is 5.75 Å². The highest BCUT2D eigenvalue weighted by Crippen LogP contribution is 2.16. The van der Waals surface area contributed by atoms with Gasteiger partial charge in [-0.3, -0.25) is 4.79 Å². The van der Waals surface area contributed by atoms with Gasteiger partial charge in [-0.05, 0) is 44.5 Å². The normalized spacial score (nSPS) is 12.7. The maximum Gasteiger partial charge on any atom is 0.241 e. The van der Waals surface area contributed by atoms with Gasteiger partial charge in [0.1, 0.15) is 5.75 Å². The molecule has 0 aliphatic carbocycles. The third-order valence-electron chi connectivity index (χ3n) is 2.72. The number of ether oxygens (including phenoxy) is 1. The number of rotatable bonds is 8. The van der Waals surface area contributed by atoms with Crippen LogP contribution in [0.25, 0.3) is 0 Å². The topological polar surface area (TPSA) is 84.5 Å². The van der Waals surface area contributed by atoms with E-state index >= 15 is 0 Å². The minimum atomic E-state index is -3.73. The molecule has 6 nitrogen and oxygen atoms in total. The van der Waals surface area contributed by atoms with Crippen LogP contribution >= 0.6 is 0 Å². The molecule has 1 aromatic carbocycles. The minimum absolute atomic E-state index is 0.0982. The van der Waals surface area contributed by atoms with Gasteiger partial charge >= 0.3 is 0 Å². The summed E-state index contributed by atoms with van der Waals surface area (Å²) in [5.74, 6) is 0.261. The second-order valence-corrected chi connectivity index (χ2v) is 6.25. The van der Waals surface area contributed by atoms with E-state index in [2.05, 4.69) is 10.0 Å². The number of benzene rings is 1. The number of amides is 1. The summed E-state index contributed by atoms with van der Waals surface area (Å²) in [7, 11) is -3.73. The van der Waals surface area contributed by atoms with Crippen molar-refractivity contribution in [3.05, 3.63) is 24.3 Å². The van der Waals surface area contributed by atoms with Gasteiger partial charge in [-0.2, -0.15) is 4.72 Å². The van der Waals surface area contributed by atoms with Crippen molar-refractivity contribution in [2.24, 2.45) is 0 Å². The van der Waals surface area contributed by atoms with Gasteiger partial charge in [-0.1, -0.05) is 6.92 Å². The Labute approximate surface area is 125 Å². The van der Waals surface area contributed by atoms with Crippen LogP contribution in [0.4, 0.5) is 0 Å². The Morgan fingerprint density at radius 2 is 1.86 bits per heavy atom. The lowest BCUT2D eigenvalue weighted by atomic mass is 10.3. The Bertz CT molecular complexity index is 555. The van der Waals surface area contributed by atoms with Gasteiger partial charge in [0.15, 0.2) is 0 Å². The van der Waals surface area contributed by atoms with E-state index in [1.807, 2.05) is 13.8 Å². The first-order valence-electron chi connectivity index (χ1n) is 6.93. The van der Waals surface area contributed by atoms with E-state index in [1.54, 1.807) is 12.1 Å². The zero-order valence-electron chi connectivity index (χ0n) is 12.5. The Kier molecular flexibility index (Phi) is 6.64. The Morgan fingerprint density at radius 3 is 2.38 bits per heavy atom. The lowest BCUT2D eigenvalue weighted by Crippen LogP contribution is -2.44. The molecule has 1 atom stereocenters. The van der Waals surface area contributed by atoms with Crippen molar-refractivity contribution < 1.29 is 17.9 Å². The summed E-state index contributed by atoms with van der Waals surface area (Å²) in [6.07, 6.45) is 0.796.